The Bertz CT molecular complexity index is 398. The summed E-state index contributed by atoms with van der Waals surface area (Å²) >= 11 is 0. The Morgan fingerprint density at radius 1 is 1.44 bits per heavy atom. The van der Waals surface area contributed by atoms with Gasteiger partial charge in [0.1, 0.15) is 5.60 Å². The van der Waals surface area contributed by atoms with Crippen molar-refractivity contribution >= 4 is 0 Å². The summed E-state index contributed by atoms with van der Waals surface area (Å²) in [6.45, 7) is 4.95. The second kappa shape index (κ2) is 3.33. The summed E-state index contributed by atoms with van der Waals surface area (Å²) in [7, 11) is 0. The average molecular weight is 220 g/mol. The first-order chi connectivity index (χ1) is 7.67. The molecule has 2 aliphatic rings. The Balaban J connectivity index is 1.97. The van der Waals surface area contributed by atoms with E-state index >= 15 is 0 Å². The van der Waals surface area contributed by atoms with Gasteiger partial charge in [-0.15, -0.1) is 0 Å². The summed E-state index contributed by atoms with van der Waals surface area (Å²) < 4.78 is 1.98. The van der Waals surface area contributed by atoms with E-state index in [9.17, 15) is 5.11 Å². The van der Waals surface area contributed by atoms with E-state index in [1.54, 1.807) is 0 Å². The van der Waals surface area contributed by atoms with Crippen molar-refractivity contribution in [2.75, 3.05) is 0 Å². The SMILES string of the molecule is CCn1nc(C)cc1C1(O)C2CCCCC21. The minimum absolute atomic E-state index is 0.502. The van der Waals surface area contributed by atoms with E-state index < -0.39 is 5.60 Å². The molecule has 1 heterocycles. The van der Waals surface area contributed by atoms with Gasteiger partial charge in [0, 0.05) is 6.54 Å². The van der Waals surface area contributed by atoms with E-state index in [0.29, 0.717) is 11.8 Å². The van der Waals surface area contributed by atoms with E-state index in [1.807, 2.05) is 11.6 Å². The van der Waals surface area contributed by atoms with E-state index in [1.165, 1.54) is 25.7 Å². The van der Waals surface area contributed by atoms with Crippen molar-refractivity contribution in [3.8, 4) is 0 Å². The van der Waals surface area contributed by atoms with Gasteiger partial charge in [-0.3, -0.25) is 4.68 Å². The number of hydrogen-bond donors (Lipinski definition) is 1. The van der Waals surface area contributed by atoms with Crippen LogP contribution in [0.2, 0.25) is 0 Å². The number of hydrogen-bond acceptors (Lipinski definition) is 2. The quantitative estimate of drug-likeness (QED) is 0.830. The number of nitrogens with zero attached hydrogens (tertiary/aromatic N) is 2. The zero-order chi connectivity index (χ0) is 11.3. The van der Waals surface area contributed by atoms with Crippen LogP contribution >= 0.6 is 0 Å². The Morgan fingerprint density at radius 3 is 2.62 bits per heavy atom. The Hall–Kier alpha value is -0.830. The lowest BCUT2D eigenvalue weighted by Gasteiger charge is -2.12. The lowest BCUT2D eigenvalue weighted by molar-refractivity contribution is 0.107. The molecule has 2 fully saturated rings. The lowest BCUT2D eigenvalue weighted by atomic mass is 10.0. The predicted octanol–water partition coefficient (Wildman–Crippen LogP) is 2.22. The van der Waals surface area contributed by atoms with Crippen LogP contribution < -0.4 is 0 Å². The monoisotopic (exact) mass is 220 g/mol. The predicted molar refractivity (Wildman–Crippen MR) is 62.0 cm³/mol. The molecule has 0 saturated heterocycles. The van der Waals surface area contributed by atoms with Gasteiger partial charge in [-0.2, -0.15) is 5.10 Å². The molecule has 0 spiro atoms. The van der Waals surface area contributed by atoms with Crippen molar-refractivity contribution in [3.63, 3.8) is 0 Å². The molecule has 0 aliphatic heterocycles. The number of fused-ring (bicyclic) bond motifs is 1. The van der Waals surface area contributed by atoms with Crippen molar-refractivity contribution in [1.82, 2.24) is 9.78 Å². The highest BCUT2D eigenvalue weighted by Crippen LogP contribution is 2.64. The number of rotatable bonds is 2. The summed E-state index contributed by atoms with van der Waals surface area (Å²) in [5, 5.41) is 15.3. The highest BCUT2D eigenvalue weighted by atomic mass is 16.3. The van der Waals surface area contributed by atoms with Crippen molar-refractivity contribution in [3.05, 3.63) is 17.5 Å². The normalized spacial score (nSPS) is 37.2. The van der Waals surface area contributed by atoms with Gasteiger partial charge < -0.3 is 5.11 Å². The zero-order valence-electron chi connectivity index (χ0n) is 10.1. The molecule has 0 amide bonds. The van der Waals surface area contributed by atoms with Crippen LogP contribution in [0.3, 0.4) is 0 Å². The first-order valence-corrected chi connectivity index (χ1v) is 6.45. The highest BCUT2D eigenvalue weighted by Gasteiger charge is 2.66. The molecule has 3 rings (SSSR count). The van der Waals surface area contributed by atoms with Gasteiger partial charge in [0.05, 0.1) is 11.4 Å². The van der Waals surface area contributed by atoms with Crippen LogP contribution in [-0.4, -0.2) is 14.9 Å². The molecule has 88 valence electrons. The molecule has 0 aromatic carbocycles. The highest BCUT2D eigenvalue weighted by molar-refractivity contribution is 5.29. The fourth-order valence-electron chi connectivity index (χ4n) is 3.58. The molecule has 0 bridgehead atoms. The van der Waals surface area contributed by atoms with Crippen LogP contribution in [-0.2, 0) is 12.1 Å². The van der Waals surface area contributed by atoms with Crippen molar-refractivity contribution in [1.29, 1.82) is 0 Å². The Kier molecular flexibility index (Phi) is 2.15. The Morgan fingerprint density at radius 2 is 2.06 bits per heavy atom. The molecule has 16 heavy (non-hydrogen) atoms. The summed E-state index contributed by atoms with van der Waals surface area (Å²) in [4.78, 5) is 0. The first kappa shape index (κ1) is 10.3. The minimum atomic E-state index is -0.548. The molecular weight excluding hydrogens is 200 g/mol. The fourth-order valence-corrected chi connectivity index (χ4v) is 3.58. The van der Waals surface area contributed by atoms with Crippen LogP contribution in [0, 0.1) is 18.8 Å². The Labute approximate surface area is 96.5 Å². The van der Waals surface area contributed by atoms with Gasteiger partial charge in [0.15, 0.2) is 0 Å². The molecule has 2 aliphatic carbocycles. The average Bonchev–Trinajstić information content (AvgIpc) is 2.72. The molecule has 3 nitrogen and oxygen atoms in total. The fraction of sp³-hybridized carbons (Fsp3) is 0.769. The third kappa shape index (κ3) is 1.21. The largest absolute Gasteiger partial charge is 0.383 e. The first-order valence-electron chi connectivity index (χ1n) is 6.45. The van der Waals surface area contributed by atoms with Gasteiger partial charge in [-0.25, -0.2) is 0 Å². The van der Waals surface area contributed by atoms with E-state index in [2.05, 4.69) is 18.1 Å². The maximum Gasteiger partial charge on any atom is 0.113 e. The van der Waals surface area contributed by atoms with Crippen LogP contribution in [0.1, 0.15) is 44.0 Å². The van der Waals surface area contributed by atoms with Crippen LogP contribution in [0.4, 0.5) is 0 Å². The maximum atomic E-state index is 10.8. The second-order valence-corrected chi connectivity index (χ2v) is 5.31. The minimum Gasteiger partial charge on any atom is -0.383 e. The van der Waals surface area contributed by atoms with Gasteiger partial charge >= 0.3 is 0 Å². The zero-order valence-corrected chi connectivity index (χ0v) is 10.1. The summed E-state index contributed by atoms with van der Waals surface area (Å²) in [6, 6.07) is 2.07. The van der Waals surface area contributed by atoms with Gasteiger partial charge in [-0.05, 0) is 44.6 Å². The summed E-state index contributed by atoms with van der Waals surface area (Å²) in [6.07, 6.45) is 4.94. The summed E-state index contributed by atoms with van der Waals surface area (Å²) in [5.41, 5.74) is 1.53. The molecule has 0 radical (unpaired) electrons. The van der Waals surface area contributed by atoms with Gasteiger partial charge in [-0.1, -0.05) is 12.8 Å². The van der Waals surface area contributed by atoms with E-state index in [-0.39, 0.29) is 0 Å². The molecule has 2 unspecified atom stereocenters. The van der Waals surface area contributed by atoms with E-state index in [4.69, 9.17) is 0 Å². The third-order valence-corrected chi connectivity index (χ3v) is 4.40. The van der Waals surface area contributed by atoms with Crippen molar-refractivity contribution in [2.45, 2.75) is 51.7 Å². The molecule has 2 saturated carbocycles. The topological polar surface area (TPSA) is 38.0 Å². The van der Waals surface area contributed by atoms with Gasteiger partial charge in [0.2, 0.25) is 0 Å². The second-order valence-electron chi connectivity index (χ2n) is 5.31. The number of aryl methyl sites for hydroxylation is 2. The smallest absolute Gasteiger partial charge is 0.113 e. The summed E-state index contributed by atoms with van der Waals surface area (Å²) in [5.74, 6) is 1.00. The van der Waals surface area contributed by atoms with Crippen LogP contribution in [0.15, 0.2) is 6.07 Å². The molecular formula is C13H20N2O. The van der Waals surface area contributed by atoms with Crippen molar-refractivity contribution < 1.29 is 5.11 Å². The molecule has 2 atom stereocenters. The third-order valence-electron chi connectivity index (χ3n) is 4.40. The molecule has 3 heteroatoms. The maximum absolute atomic E-state index is 10.8. The molecule has 1 aromatic rings. The van der Waals surface area contributed by atoms with Crippen molar-refractivity contribution in [2.24, 2.45) is 11.8 Å². The van der Waals surface area contributed by atoms with Gasteiger partial charge in [0.25, 0.3) is 0 Å². The lowest BCUT2D eigenvalue weighted by Crippen LogP contribution is -2.17. The van der Waals surface area contributed by atoms with E-state index in [0.717, 1.165) is 17.9 Å². The molecule has 1 aromatic heterocycles. The molecule has 1 N–H and O–H groups in total. The number of aromatic nitrogens is 2. The number of aliphatic hydroxyl groups is 1. The standard InChI is InChI=1S/C13H20N2O/c1-3-15-12(8-9(2)14-15)13(16)10-6-4-5-7-11(10)13/h8,10-11,16H,3-7H2,1-2H3. The van der Waals surface area contributed by atoms with Crippen LogP contribution in [0.5, 0.6) is 0 Å². The van der Waals surface area contributed by atoms with Crippen LogP contribution in [0.25, 0.3) is 0 Å².